The number of nitrogens with zero attached hydrogens (tertiary/aromatic N) is 3. The average molecular weight is 445 g/mol. The van der Waals surface area contributed by atoms with Gasteiger partial charge in [-0.05, 0) is 59.7 Å². The molecule has 0 fully saturated rings. The molecule has 7 heteroatoms. The second-order valence-corrected chi connectivity index (χ2v) is 7.97. The van der Waals surface area contributed by atoms with E-state index in [0.29, 0.717) is 23.4 Å². The van der Waals surface area contributed by atoms with Gasteiger partial charge in [0.15, 0.2) is 6.61 Å². The lowest BCUT2D eigenvalue weighted by atomic mass is 9.98. The molecule has 1 unspecified atom stereocenters. The number of carbonyl (C=O) groups excluding carboxylic acids is 2. The van der Waals surface area contributed by atoms with E-state index in [-0.39, 0.29) is 24.4 Å². The molecule has 1 aliphatic heterocycles. The molecule has 6 nitrogen and oxygen atoms in total. The number of ether oxygens (including phenoxy) is 1. The molecule has 1 heterocycles. The Morgan fingerprint density at radius 3 is 2.33 bits per heavy atom. The minimum Gasteiger partial charge on any atom is -0.484 e. The number of halogens is 1. The van der Waals surface area contributed by atoms with Crippen LogP contribution in [0.4, 0.5) is 10.1 Å². The van der Waals surface area contributed by atoms with Crippen molar-refractivity contribution in [3.8, 4) is 5.75 Å². The van der Waals surface area contributed by atoms with Gasteiger partial charge in [0.2, 0.25) is 0 Å². The monoisotopic (exact) mass is 445 g/mol. The number of hydrogen-bond donors (Lipinski definition) is 0. The van der Waals surface area contributed by atoms with Crippen LogP contribution in [-0.2, 0) is 4.79 Å². The van der Waals surface area contributed by atoms with E-state index in [0.717, 1.165) is 23.1 Å². The van der Waals surface area contributed by atoms with E-state index in [1.807, 2.05) is 43.3 Å². The second kappa shape index (κ2) is 9.65. The average Bonchev–Trinajstić information content (AvgIpc) is 3.29. The van der Waals surface area contributed by atoms with Crippen LogP contribution in [0.1, 0.15) is 33.9 Å². The molecule has 0 bridgehead atoms. The Morgan fingerprint density at radius 1 is 1.06 bits per heavy atom. The van der Waals surface area contributed by atoms with Gasteiger partial charge in [-0.25, -0.2) is 9.40 Å². The molecule has 0 N–H and O–H groups in total. The van der Waals surface area contributed by atoms with Crippen molar-refractivity contribution >= 4 is 23.6 Å². The van der Waals surface area contributed by atoms with E-state index in [1.54, 1.807) is 36.4 Å². The van der Waals surface area contributed by atoms with E-state index in [4.69, 9.17) is 4.74 Å². The smallest absolute Gasteiger partial charge is 0.281 e. The topological polar surface area (TPSA) is 62.2 Å². The van der Waals surface area contributed by atoms with Crippen LogP contribution >= 0.6 is 0 Å². The minimum absolute atomic E-state index is 0.201. The van der Waals surface area contributed by atoms with Crippen molar-refractivity contribution in [3.05, 3.63) is 95.3 Å². The van der Waals surface area contributed by atoms with Crippen LogP contribution in [0.5, 0.6) is 5.75 Å². The summed E-state index contributed by atoms with van der Waals surface area (Å²) in [5, 5.41) is 6.03. The number of rotatable bonds is 7. The van der Waals surface area contributed by atoms with Crippen molar-refractivity contribution in [2.24, 2.45) is 5.10 Å². The summed E-state index contributed by atoms with van der Waals surface area (Å²) < 4.78 is 19.0. The normalized spacial score (nSPS) is 15.2. The van der Waals surface area contributed by atoms with Gasteiger partial charge in [-0.15, -0.1) is 0 Å². The number of carbonyl (C=O) groups is 2. The van der Waals surface area contributed by atoms with Crippen LogP contribution in [0.15, 0.2) is 77.9 Å². The third-order valence-electron chi connectivity index (χ3n) is 5.52. The summed E-state index contributed by atoms with van der Waals surface area (Å²) in [4.78, 5) is 25.9. The lowest BCUT2D eigenvalue weighted by Gasteiger charge is -2.23. The summed E-state index contributed by atoms with van der Waals surface area (Å²) in [6.45, 7) is -0.201. The zero-order chi connectivity index (χ0) is 23.4. The summed E-state index contributed by atoms with van der Waals surface area (Å²) in [5.41, 5.74) is 4.01. The first kappa shape index (κ1) is 22.2. The molecule has 0 saturated carbocycles. The highest BCUT2D eigenvalue weighted by atomic mass is 19.1. The molecule has 4 rings (SSSR count). The maximum Gasteiger partial charge on any atom is 0.281 e. The standard InChI is InChI=1S/C26H24FN3O3/c1-29(2)22-11-7-20(8-12-22)25-15-24(19-5-9-21(27)10-6-19)28-30(25)26(32)17-33-23-13-3-18(16-31)4-14-23/h3-14,16,25H,15,17H2,1-2H3. The molecule has 0 saturated heterocycles. The molecule has 168 valence electrons. The lowest BCUT2D eigenvalue weighted by molar-refractivity contribution is -0.135. The van der Waals surface area contributed by atoms with Gasteiger partial charge in [-0.1, -0.05) is 24.3 Å². The molecule has 1 atom stereocenters. The molecular weight excluding hydrogens is 421 g/mol. The summed E-state index contributed by atoms with van der Waals surface area (Å²) in [6.07, 6.45) is 1.25. The molecule has 3 aromatic carbocycles. The van der Waals surface area contributed by atoms with Crippen LogP contribution in [0, 0.1) is 5.82 Å². The van der Waals surface area contributed by atoms with Crippen molar-refractivity contribution in [3.63, 3.8) is 0 Å². The van der Waals surface area contributed by atoms with E-state index in [1.165, 1.54) is 17.1 Å². The Kier molecular flexibility index (Phi) is 6.49. The maximum absolute atomic E-state index is 13.4. The third kappa shape index (κ3) is 5.09. The number of amides is 1. The van der Waals surface area contributed by atoms with Crippen molar-refractivity contribution in [2.45, 2.75) is 12.5 Å². The third-order valence-corrected chi connectivity index (χ3v) is 5.52. The van der Waals surface area contributed by atoms with Gasteiger partial charge in [0.1, 0.15) is 17.9 Å². The quantitative estimate of drug-likeness (QED) is 0.504. The summed E-state index contributed by atoms with van der Waals surface area (Å²) >= 11 is 0. The van der Waals surface area contributed by atoms with Crippen LogP contribution in [0.2, 0.25) is 0 Å². The van der Waals surface area contributed by atoms with Gasteiger partial charge in [0.05, 0.1) is 11.8 Å². The molecule has 1 aliphatic rings. The molecule has 0 spiro atoms. The van der Waals surface area contributed by atoms with Crippen molar-refractivity contribution in [1.29, 1.82) is 0 Å². The van der Waals surface area contributed by atoms with Gasteiger partial charge in [0.25, 0.3) is 5.91 Å². The molecule has 0 radical (unpaired) electrons. The Bertz CT molecular complexity index is 1160. The Balaban J connectivity index is 1.56. The molecule has 1 amide bonds. The minimum atomic E-state index is -0.324. The van der Waals surface area contributed by atoms with Crippen molar-refractivity contribution < 1.29 is 18.7 Å². The predicted molar refractivity (Wildman–Crippen MR) is 125 cm³/mol. The zero-order valence-electron chi connectivity index (χ0n) is 18.4. The largest absolute Gasteiger partial charge is 0.484 e. The van der Waals surface area contributed by atoms with Crippen LogP contribution in [0.3, 0.4) is 0 Å². The van der Waals surface area contributed by atoms with E-state index in [9.17, 15) is 14.0 Å². The van der Waals surface area contributed by atoms with Crippen LogP contribution < -0.4 is 9.64 Å². The fraction of sp³-hybridized carbons (Fsp3) is 0.192. The number of benzene rings is 3. The molecule has 33 heavy (non-hydrogen) atoms. The van der Waals surface area contributed by atoms with Crippen molar-refractivity contribution in [2.75, 3.05) is 25.6 Å². The highest BCUT2D eigenvalue weighted by molar-refractivity contribution is 6.03. The summed E-state index contributed by atoms with van der Waals surface area (Å²) in [6, 6.07) is 20.3. The summed E-state index contributed by atoms with van der Waals surface area (Å²) in [5.74, 6) is -0.133. The van der Waals surface area contributed by atoms with E-state index >= 15 is 0 Å². The van der Waals surface area contributed by atoms with Crippen LogP contribution in [-0.4, -0.2) is 43.6 Å². The second-order valence-electron chi connectivity index (χ2n) is 7.97. The van der Waals surface area contributed by atoms with Gasteiger partial charge in [-0.3, -0.25) is 9.59 Å². The summed E-state index contributed by atoms with van der Waals surface area (Å²) in [7, 11) is 3.93. The zero-order valence-corrected chi connectivity index (χ0v) is 18.4. The number of aldehydes is 1. The maximum atomic E-state index is 13.4. The number of hydrogen-bond acceptors (Lipinski definition) is 5. The SMILES string of the molecule is CN(C)c1ccc(C2CC(c3ccc(F)cc3)=NN2C(=O)COc2ccc(C=O)cc2)cc1. The predicted octanol–water partition coefficient (Wildman–Crippen LogP) is 4.46. The Hall–Kier alpha value is -4.00. The Morgan fingerprint density at radius 2 is 1.73 bits per heavy atom. The first-order valence-corrected chi connectivity index (χ1v) is 10.6. The first-order chi connectivity index (χ1) is 15.9. The van der Waals surface area contributed by atoms with E-state index < -0.39 is 0 Å². The fourth-order valence-corrected chi connectivity index (χ4v) is 3.67. The molecule has 0 aliphatic carbocycles. The van der Waals surface area contributed by atoms with Gasteiger partial charge in [0, 0.05) is 31.8 Å². The van der Waals surface area contributed by atoms with Crippen molar-refractivity contribution in [1.82, 2.24) is 5.01 Å². The first-order valence-electron chi connectivity index (χ1n) is 10.6. The number of anilines is 1. The number of hydrazone groups is 1. The molecule has 0 aromatic heterocycles. The lowest BCUT2D eigenvalue weighted by Crippen LogP contribution is -2.31. The van der Waals surface area contributed by atoms with Crippen LogP contribution in [0.25, 0.3) is 0 Å². The van der Waals surface area contributed by atoms with Gasteiger partial charge >= 0.3 is 0 Å². The van der Waals surface area contributed by atoms with Gasteiger partial charge < -0.3 is 9.64 Å². The highest BCUT2D eigenvalue weighted by Crippen LogP contribution is 2.33. The molecule has 3 aromatic rings. The Labute approximate surface area is 191 Å². The van der Waals surface area contributed by atoms with Gasteiger partial charge in [-0.2, -0.15) is 5.10 Å². The highest BCUT2D eigenvalue weighted by Gasteiger charge is 2.33. The molecular formula is C26H24FN3O3. The van der Waals surface area contributed by atoms with E-state index in [2.05, 4.69) is 5.10 Å². The fourth-order valence-electron chi connectivity index (χ4n) is 3.67.